The van der Waals surface area contributed by atoms with E-state index in [0.29, 0.717) is 37.8 Å². The lowest BCUT2D eigenvalue weighted by molar-refractivity contribution is -0.134. The van der Waals surface area contributed by atoms with Gasteiger partial charge in [-0.2, -0.15) is 10.1 Å². The Bertz CT molecular complexity index is 927. The molecule has 1 saturated heterocycles. The van der Waals surface area contributed by atoms with E-state index in [0.717, 1.165) is 18.4 Å². The Kier molecular flexibility index (Phi) is 5.66. The number of rotatable bonds is 7. The summed E-state index contributed by atoms with van der Waals surface area (Å²) < 4.78 is 12.5. The third-order valence-corrected chi connectivity index (χ3v) is 5.38. The Labute approximate surface area is 168 Å². The Morgan fingerprint density at radius 1 is 1.34 bits per heavy atom. The molecule has 9 nitrogen and oxygen atoms in total. The highest BCUT2D eigenvalue weighted by molar-refractivity contribution is 5.76. The van der Waals surface area contributed by atoms with Gasteiger partial charge in [0.15, 0.2) is 5.82 Å². The van der Waals surface area contributed by atoms with E-state index in [1.54, 1.807) is 36.6 Å². The first-order chi connectivity index (χ1) is 14.2. The summed E-state index contributed by atoms with van der Waals surface area (Å²) in [6.45, 7) is 2.02. The second-order valence-electron chi connectivity index (χ2n) is 7.31. The molecule has 4 heterocycles. The second kappa shape index (κ2) is 8.52. The number of ether oxygens (including phenoxy) is 1. The van der Waals surface area contributed by atoms with Gasteiger partial charge in [0, 0.05) is 51.6 Å². The van der Waals surface area contributed by atoms with E-state index in [9.17, 15) is 4.79 Å². The fraction of sp³-hybridized carbons (Fsp3) is 0.450. The monoisotopic (exact) mass is 396 g/mol. The number of carbonyl (C=O) groups excluding carboxylic acids is 1. The van der Waals surface area contributed by atoms with Crippen LogP contribution in [0.25, 0.3) is 11.5 Å². The summed E-state index contributed by atoms with van der Waals surface area (Å²) in [5.41, 5.74) is 0.369. The predicted molar refractivity (Wildman–Crippen MR) is 104 cm³/mol. The van der Waals surface area contributed by atoms with Crippen LogP contribution < -0.4 is 0 Å². The summed E-state index contributed by atoms with van der Waals surface area (Å²) in [5, 5.41) is 8.42. The van der Waals surface area contributed by atoms with Crippen molar-refractivity contribution in [2.45, 2.75) is 31.2 Å². The number of hydrogen-bond acceptors (Lipinski definition) is 7. The molecule has 9 heteroatoms. The van der Waals surface area contributed by atoms with Gasteiger partial charge in [-0.25, -0.2) is 0 Å². The van der Waals surface area contributed by atoms with Crippen molar-refractivity contribution in [1.82, 2.24) is 29.8 Å². The molecule has 3 aromatic rings. The van der Waals surface area contributed by atoms with Crippen LogP contribution in [0.4, 0.5) is 0 Å². The maximum Gasteiger partial charge on any atom is 0.259 e. The SMILES string of the molecule is COCCC1(c2noc(-c3cccnc3)n2)CCCN(C(=O)Cn2cccn2)C1. The Morgan fingerprint density at radius 3 is 3.03 bits per heavy atom. The fourth-order valence-corrected chi connectivity index (χ4v) is 3.82. The van der Waals surface area contributed by atoms with Gasteiger partial charge in [0.25, 0.3) is 5.89 Å². The zero-order chi connectivity index (χ0) is 20.1. The van der Waals surface area contributed by atoms with Crippen molar-refractivity contribution in [3.8, 4) is 11.5 Å². The first-order valence-corrected chi connectivity index (χ1v) is 9.69. The number of methoxy groups -OCH3 is 1. The molecule has 0 bridgehead atoms. The van der Waals surface area contributed by atoms with E-state index < -0.39 is 5.41 Å². The van der Waals surface area contributed by atoms with E-state index in [1.165, 1.54) is 0 Å². The van der Waals surface area contributed by atoms with Crippen molar-refractivity contribution in [3.63, 3.8) is 0 Å². The minimum absolute atomic E-state index is 0.0335. The molecular weight excluding hydrogens is 372 g/mol. The second-order valence-corrected chi connectivity index (χ2v) is 7.31. The number of amides is 1. The molecule has 1 amide bonds. The number of aromatic nitrogens is 5. The summed E-state index contributed by atoms with van der Waals surface area (Å²) >= 11 is 0. The molecule has 0 radical (unpaired) electrons. The van der Waals surface area contributed by atoms with E-state index in [2.05, 4.69) is 20.2 Å². The molecule has 29 heavy (non-hydrogen) atoms. The van der Waals surface area contributed by atoms with Gasteiger partial charge in [-0.05, 0) is 37.5 Å². The van der Waals surface area contributed by atoms with Crippen molar-refractivity contribution >= 4 is 5.91 Å². The molecule has 152 valence electrons. The lowest BCUT2D eigenvalue weighted by Gasteiger charge is -2.40. The minimum atomic E-state index is -0.405. The number of piperidine rings is 1. The average molecular weight is 396 g/mol. The normalized spacial score (nSPS) is 19.4. The van der Waals surface area contributed by atoms with Crippen LogP contribution in [0.1, 0.15) is 25.1 Å². The van der Waals surface area contributed by atoms with E-state index in [4.69, 9.17) is 9.26 Å². The van der Waals surface area contributed by atoms with Crippen LogP contribution >= 0.6 is 0 Å². The minimum Gasteiger partial charge on any atom is -0.385 e. The molecule has 0 N–H and O–H groups in total. The van der Waals surface area contributed by atoms with Crippen LogP contribution in [-0.2, 0) is 21.5 Å². The van der Waals surface area contributed by atoms with Crippen molar-refractivity contribution in [2.24, 2.45) is 0 Å². The van der Waals surface area contributed by atoms with Crippen LogP contribution in [0, 0.1) is 0 Å². The molecule has 1 unspecified atom stereocenters. The molecule has 1 fully saturated rings. The number of carbonyl (C=O) groups is 1. The van der Waals surface area contributed by atoms with Crippen LogP contribution in [-0.4, -0.2) is 62.5 Å². The fourth-order valence-electron chi connectivity index (χ4n) is 3.82. The predicted octanol–water partition coefficient (Wildman–Crippen LogP) is 1.93. The van der Waals surface area contributed by atoms with Gasteiger partial charge in [0.2, 0.25) is 5.91 Å². The van der Waals surface area contributed by atoms with Crippen molar-refractivity contribution < 1.29 is 14.1 Å². The summed E-state index contributed by atoms with van der Waals surface area (Å²) in [6.07, 6.45) is 9.30. The molecule has 1 atom stereocenters. The van der Waals surface area contributed by atoms with Gasteiger partial charge in [-0.15, -0.1) is 0 Å². The van der Waals surface area contributed by atoms with Crippen molar-refractivity contribution in [2.75, 3.05) is 26.8 Å². The molecular formula is C20H24N6O3. The number of hydrogen-bond donors (Lipinski definition) is 0. The standard InChI is InChI=1S/C20H24N6O3/c1-28-12-7-20(19-23-18(29-24-19)16-5-2-8-21-13-16)6-3-10-25(15-20)17(27)14-26-11-4-9-22-26/h2,4-5,8-9,11,13H,3,6-7,10,12,14-15H2,1H3. The Balaban J connectivity index is 1.57. The van der Waals surface area contributed by atoms with Gasteiger partial charge in [0.05, 0.1) is 11.0 Å². The van der Waals surface area contributed by atoms with Gasteiger partial charge < -0.3 is 14.2 Å². The van der Waals surface area contributed by atoms with Crippen LogP contribution in [0.3, 0.4) is 0 Å². The number of pyridine rings is 1. The lowest BCUT2D eigenvalue weighted by atomic mass is 9.76. The summed E-state index contributed by atoms with van der Waals surface area (Å²) in [6, 6.07) is 5.52. The molecule has 0 aromatic carbocycles. The largest absolute Gasteiger partial charge is 0.385 e. The van der Waals surface area contributed by atoms with E-state index in [-0.39, 0.29) is 12.5 Å². The van der Waals surface area contributed by atoms with Crippen LogP contribution in [0.2, 0.25) is 0 Å². The zero-order valence-electron chi connectivity index (χ0n) is 16.4. The van der Waals surface area contributed by atoms with Crippen molar-refractivity contribution in [3.05, 3.63) is 48.8 Å². The van der Waals surface area contributed by atoms with E-state index >= 15 is 0 Å². The van der Waals surface area contributed by atoms with Gasteiger partial charge in [-0.3, -0.25) is 14.5 Å². The maximum absolute atomic E-state index is 12.8. The molecule has 0 aliphatic carbocycles. The lowest BCUT2D eigenvalue weighted by Crippen LogP contribution is -2.50. The topological polar surface area (TPSA) is 99.2 Å². The molecule has 0 spiro atoms. The Hall–Kier alpha value is -3.07. The third kappa shape index (κ3) is 4.19. The molecule has 3 aromatic heterocycles. The molecule has 1 aliphatic heterocycles. The quantitative estimate of drug-likeness (QED) is 0.602. The summed E-state index contributed by atoms with van der Waals surface area (Å²) in [4.78, 5) is 23.5. The number of nitrogens with zero attached hydrogens (tertiary/aromatic N) is 6. The van der Waals surface area contributed by atoms with Crippen LogP contribution in [0.15, 0.2) is 47.5 Å². The van der Waals surface area contributed by atoms with Crippen LogP contribution in [0.5, 0.6) is 0 Å². The molecule has 1 aliphatic rings. The Morgan fingerprint density at radius 2 is 2.28 bits per heavy atom. The third-order valence-electron chi connectivity index (χ3n) is 5.38. The highest BCUT2D eigenvalue weighted by atomic mass is 16.5. The summed E-state index contributed by atoms with van der Waals surface area (Å²) in [5.74, 6) is 1.08. The summed E-state index contributed by atoms with van der Waals surface area (Å²) in [7, 11) is 1.68. The molecule has 4 rings (SSSR count). The highest BCUT2D eigenvalue weighted by Gasteiger charge is 2.42. The van der Waals surface area contributed by atoms with Gasteiger partial charge in [-0.1, -0.05) is 5.16 Å². The smallest absolute Gasteiger partial charge is 0.259 e. The average Bonchev–Trinajstić information content (AvgIpc) is 3.46. The molecule has 0 saturated carbocycles. The van der Waals surface area contributed by atoms with Crippen molar-refractivity contribution in [1.29, 1.82) is 0 Å². The maximum atomic E-state index is 12.8. The first kappa shape index (κ1) is 19.3. The van der Waals surface area contributed by atoms with Gasteiger partial charge in [0.1, 0.15) is 6.54 Å². The van der Waals surface area contributed by atoms with E-state index in [1.807, 2.05) is 23.1 Å². The zero-order valence-corrected chi connectivity index (χ0v) is 16.4. The first-order valence-electron chi connectivity index (χ1n) is 9.69. The number of likely N-dealkylation sites (tertiary alicyclic amines) is 1. The van der Waals surface area contributed by atoms with Gasteiger partial charge >= 0.3 is 0 Å². The highest BCUT2D eigenvalue weighted by Crippen LogP contribution is 2.36.